The first-order valence-corrected chi connectivity index (χ1v) is 7.55. The maximum Gasteiger partial charge on any atom is 0.0511 e. The van der Waals surface area contributed by atoms with Gasteiger partial charge in [-0.3, -0.25) is 0 Å². The number of ether oxygens (including phenoxy) is 1. The van der Waals surface area contributed by atoms with Crippen LogP contribution >= 0.6 is 11.6 Å². The lowest BCUT2D eigenvalue weighted by atomic mass is 9.76. The molecule has 0 saturated carbocycles. The van der Waals surface area contributed by atoms with E-state index >= 15 is 0 Å². The third-order valence-corrected chi connectivity index (χ3v) is 5.34. The summed E-state index contributed by atoms with van der Waals surface area (Å²) in [7, 11) is 4.10. The van der Waals surface area contributed by atoms with E-state index in [1.165, 1.54) is 24.8 Å². The van der Waals surface area contributed by atoms with Crippen LogP contribution in [0.4, 0.5) is 0 Å². The van der Waals surface area contributed by atoms with E-state index in [0.29, 0.717) is 17.9 Å². The van der Waals surface area contributed by atoms with E-state index < -0.39 is 0 Å². The van der Waals surface area contributed by atoms with Gasteiger partial charge in [-0.15, -0.1) is 0 Å². The molecule has 2 fully saturated rings. The molecule has 104 valence electrons. The number of benzene rings is 1. The standard InChI is InChI=1S/C16H22ClNO/c1-18-13-7-8-16(18)15(10-19-2)14(9-13)11-3-5-12(17)6-4-11/h3-6,13-16H,7-10H2,1-2H3/t13-,14+,15+,16+/m1/s1. The van der Waals surface area contributed by atoms with Crippen LogP contribution in [0.25, 0.3) is 0 Å². The normalized spacial score (nSPS) is 34.7. The Balaban J connectivity index is 1.88. The number of methoxy groups -OCH3 is 1. The zero-order chi connectivity index (χ0) is 13.4. The molecule has 2 bridgehead atoms. The van der Waals surface area contributed by atoms with Crippen molar-refractivity contribution in [2.45, 2.75) is 37.3 Å². The van der Waals surface area contributed by atoms with Gasteiger partial charge in [-0.05, 0) is 49.9 Å². The minimum atomic E-state index is 0.606. The maximum atomic E-state index is 6.01. The van der Waals surface area contributed by atoms with Crippen LogP contribution in [0.2, 0.25) is 5.02 Å². The van der Waals surface area contributed by atoms with Gasteiger partial charge < -0.3 is 9.64 Å². The predicted molar refractivity (Wildman–Crippen MR) is 78.7 cm³/mol. The zero-order valence-corrected chi connectivity index (χ0v) is 12.4. The fraction of sp³-hybridized carbons (Fsp3) is 0.625. The summed E-state index contributed by atoms with van der Waals surface area (Å²) in [6.45, 7) is 0.856. The number of hydrogen-bond acceptors (Lipinski definition) is 2. The first-order chi connectivity index (χ1) is 9.20. The van der Waals surface area contributed by atoms with Crippen LogP contribution < -0.4 is 0 Å². The second-order valence-electron chi connectivity index (χ2n) is 5.98. The Bertz CT molecular complexity index is 433. The van der Waals surface area contributed by atoms with E-state index in [0.717, 1.165) is 17.7 Å². The van der Waals surface area contributed by atoms with Crippen molar-refractivity contribution in [1.82, 2.24) is 4.90 Å². The van der Waals surface area contributed by atoms with Gasteiger partial charge in [0.05, 0.1) is 6.61 Å². The van der Waals surface area contributed by atoms with Crippen molar-refractivity contribution in [3.8, 4) is 0 Å². The average molecular weight is 280 g/mol. The molecular formula is C16H22ClNO. The molecule has 1 aromatic carbocycles. The van der Waals surface area contributed by atoms with Gasteiger partial charge in [0.25, 0.3) is 0 Å². The molecule has 0 amide bonds. The highest BCUT2D eigenvalue weighted by Gasteiger charge is 2.45. The molecule has 2 saturated heterocycles. The molecule has 2 aliphatic heterocycles. The van der Waals surface area contributed by atoms with Gasteiger partial charge in [0.2, 0.25) is 0 Å². The highest BCUT2D eigenvalue weighted by Crippen LogP contribution is 2.46. The second kappa shape index (κ2) is 5.43. The molecule has 3 rings (SSSR count). The summed E-state index contributed by atoms with van der Waals surface area (Å²) in [4.78, 5) is 2.58. The molecule has 2 aliphatic rings. The molecule has 2 heterocycles. The Morgan fingerprint density at radius 3 is 2.68 bits per heavy atom. The van der Waals surface area contributed by atoms with Crippen LogP contribution in [-0.2, 0) is 4.74 Å². The van der Waals surface area contributed by atoms with Crippen molar-refractivity contribution in [1.29, 1.82) is 0 Å². The zero-order valence-electron chi connectivity index (χ0n) is 11.7. The van der Waals surface area contributed by atoms with E-state index in [1.54, 1.807) is 0 Å². The topological polar surface area (TPSA) is 12.5 Å². The highest BCUT2D eigenvalue weighted by atomic mass is 35.5. The van der Waals surface area contributed by atoms with Gasteiger partial charge in [-0.1, -0.05) is 23.7 Å². The van der Waals surface area contributed by atoms with E-state index in [4.69, 9.17) is 16.3 Å². The second-order valence-corrected chi connectivity index (χ2v) is 6.41. The molecule has 0 unspecified atom stereocenters. The lowest BCUT2D eigenvalue weighted by Gasteiger charge is -2.43. The highest BCUT2D eigenvalue weighted by molar-refractivity contribution is 6.30. The first kappa shape index (κ1) is 13.4. The lowest BCUT2D eigenvalue weighted by molar-refractivity contribution is 0.0405. The largest absolute Gasteiger partial charge is 0.384 e. The van der Waals surface area contributed by atoms with Crippen molar-refractivity contribution < 1.29 is 4.74 Å². The maximum absolute atomic E-state index is 6.01. The quantitative estimate of drug-likeness (QED) is 0.839. The summed E-state index contributed by atoms with van der Waals surface area (Å²) in [5.74, 6) is 1.22. The lowest BCUT2D eigenvalue weighted by Crippen LogP contribution is -2.47. The van der Waals surface area contributed by atoms with Gasteiger partial charge in [0.1, 0.15) is 0 Å². The monoisotopic (exact) mass is 279 g/mol. The number of fused-ring (bicyclic) bond motifs is 2. The first-order valence-electron chi connectivity index (χ1n) is 7.17. The van der Waals surface area contributed by atoms with Crippen LogP contribution in [0.1, 0.15) is 30.7 Å². The van der Waals surface area contributed by atoms with Crippen LogP contribution in [0.15, 0.2) is 24.3 Å². The van der Waals surface area contributed by atoms with E-state index in [1.807, 2.05) is 19.2 Å². The summed E-state index contributed by atoms with van der Waals surface area (Å²) in [6, 6.07) is 9.85. The number of piperidine rings is 1. The summed E-state index contributed by atoms with van der Waals surface area (Å²) in [5.41, 5.74) is 1.43. The smallest absolute Gasteiger partial charge is 0.0511 e. The Labute approximate surface area is 120 Å². The third-order valence-electron chi connectivity index (χ3n) is 5.09. The Hall–Kier alpha value is -0.570. The summed E-state index contributed by atoms with van der Waals surface area (Å²) < 4.78 is 5.50. The average Bonchev–Trinajstić information content (AvgIpc) is 2.65. The third kappa shape index (κ3) is 2.42. The van der Waals surface area contributed by atoms with Gasteiger partial charge >= 0.3 is 0 Å². The molecule has 0 aliphatic carbocycles. The van der Waals surface area contributed by atoms with Crippen molar-refractivity contribution in [3.63, 3.8) is 0 Å². The summed E-state index contributed by atoms with van der Waals surface area (Å²) >= 11 is 6.01. The van der Waals surface area contributed by atoms with Crippen LogP contribution in [-0.4, -0.2) is 37.7 Å². The molecule has 0 spiro atoms. The molecule has 0 radical (unpaired) electrons. The van der Waals surface area contributed by atoms with Crippen LogP contribution in [0.3, 0.4) is 0 Å². The van der Waals surface area contributed by atoms with Gasteiger partial charge in [-0.25, -0.2) is 0 Å². The van der Waals surface area contributed by atoms with Crippen molar-refractivity contribution in [3.05, 3.63) is 34.9 Å². The summed E-state index contributed by atoms with van der Waals surface area (Å²) in [6.07, 6.45) is 3.91. The van der Waals surface area contributed by atoms with Crippen LogP contribution in [0.5, 0.6) is 0 Å². The van der Waals surface area contributed by atoms with Gasteiger partial charge in [0, 0.05) is 30.1 Å². The number of rotatable bonds is 3. The van der Waals surface area contributed by atoms with Crippen LogP contribution in [0, 0.1) is 5.92 Å². The Kier molecular flexibility index (Phi) is 3.84. The number of halogens is 1. The molecule has 3 heteroatoms. The SMILES string of the molecule is COC[C@H]1[C@H](c2ccc(Cl)cc2)C[C@H]2CC[C@@H]1N2C. The number of nitrogens with zero attached hydrogens (tertiary/aromatic N) is 1. The molecule has 1 aromatic rings. The van der Waals surface area contributed by atoms with E-state index in [-0.39, 0.29) is 0 Å². The molecule has 4 atom stereocenters. The van der Waals surface area contributed by atoms with Gasteiger partial charge in [-0.2, -0.15) is 0 Å². The van der Waals surface area contributed by atoms with Crippen molar-refractivity contribution in [2.75, 3.05) is 20.8 Å². The number of hydrogen-bond donors (Lipinski definition) is 0. The van der Waals surface area contributed by atoms with Crippen molar-refractivity contribution in [2.24, 2.45) is 5.92 Å². The predicted octanol–water partition coefficient (Wildman–Crippen LogP) is 3.55. The fourth-order valence-electron chi connectivity index (χ4n) is 4.09. The molecule has 0 N–H and O–H groups in total. The van der Waals surface area contributed by atoms with E-state index in [2.05, 4.69) is 24.1 Å². The van der Waals surface area contributed by atoms with E-state index in [9.17, 15) is 0 Å². The molecule has 0 aromatic heterocycles. The fourth-order valence-corrected chi connectivity index (χ4v) is 4.22. The molecule has 19 heavy (non-hydrogen) atoms. The Morgan fingerprint density at radius 2 is 2.00 bits per heavy atom. The molecular weight excluding hydrogens is 258 g/mol. The summed E-state index contributed by atoms with van der Waals surface area (Å²) in [5, 5.41) is 0.822. The molecule has 2 nitrogen and oxygen atoms in total. The Morgan fingerprint density at radius 1 is 1.26 bits per heavy atom. The minimum absolute atomic E-state index is 0.606. The minimum Gasteiger partial charge on any atom is -0.384 e. The van der Waals surface area contributed by atoms with Crippen molar-refractivity contribution >= 4 is 11.6 Å². The van der Waals surface area contributed by atoms with Gasteiger partial charge in [0.15, 0.2) is 0 Å².